The average Bonchev–Trinajstić information content (AvgIpc) is 3.42. The van der Waals surface area contributed by atoms with Crippen molar-refractivity contribution in [3.8, 4) is 11.8 Å². The number of aromatic carboxylic acids is 1. The molecule has 0 saturated heterocycles. The summed E-state index contributed by atoms with van der Waals surface area (Å²) in [6.45, 7) is 22.2. The fourth-order valence-electron chi connectivity index (χ4n) is 13.2. The Morgan fingerprint density at radius 3 is 2.24 bits per heavy atom. The van der Waals surface area contributed by atoms with Gasteiger partial charge in [0.1, 0.15) is 6.10 Å². The molecule has 5 fully saturated rings. The number of carboxylic acids is 2. The largest absolute Gasteiger partial charge is 0.481 e. The summed E-state index contributed by atoms with van der Waals surface area (Å²) >= 11 is 0. The summed E-state index contributed by atoms with van der Waals surface area (Å²) in [4.78, 5) is 36.8. The van der Waals surface area contributed by atoms with Crippen LogP contribution in [-0.4, -0.2) is 34.2 Å². The Balaban J connectivity index is 1.29. The first-order chi connectivity index (χ1) is 23.2. The molecule has 5 aliphatic carbocycles. The average molecular weight is 685 g/mol. The molecule has 10 atom stereocenters. The van der Waals surface area contributed by atoms with Crippen molar-refractivity contribution in [2.75, 3.05) is 0 Å². The Bertz CT molecular complexity index is 1640. The van der Waals surface area contributed by atoms with E-state index in [1.165, 1.54) is 18.4 Å². The minimum Gasteiger partial charge on any atom is -0.481 e. The van der Waals surface area contributed by atoms with Crippen LogP contribution in [-0.2, 0) is 14.3 Å². The van der Waals surface area contributed by atoms with Crippen LogP contribution < -0.4 is 0 Å². The molecule has 0 spiro atoms. The lowest BCUT2D eigenvalue weighted by Crippen LogP contribution is -2.66. The highest BCUT2D eigenvalue weighted by molar-refractivity contribution is 5.90. The Labute approximate surface area is 300 Å². The molecule has 50 heavy (non-hydrogen) atoms. The molecule has 5 saturated carbocycles. The molecule has 0 radical (unpaired) electrons. The number of aliphatic carboxylic acids is 1. The lowest BCUT2D eigenvalue weighted by molar-refractivity contribution is -0.247. The summed E-state index contributed by atoms with van der Waals surface area (Å²) in [5, 5.41) is 19.5. The van der Waals surface area contributed by atoms with Crippen molar-refractivity contribution in [1.29, 1.82) is 0 Å². The minimum atomic E-state index is -1.15. The van der Waals surface area contributed by atoms with Crippen molar-refractivity contribution >= 4 is 17.9 Å². The summed E-state index contributed by atoms with van der Waals surface area (Å²) in [5.74, 6) is 7.23. The molecule has 5 aliphatic rings. The van der Waals surface area contributed by atoms with Gasteiger partial charge in [-0.05, 0) is 143 Å². The van der Waals surface area contributed by atoms with Gasteiger partial charge in [0, 0.05) is 16.4 Å². The van der Waals surface area contributed by atoms with Crippen molar-refractivity contribution < 1.29 is 29.3 Å². The molecule has 0 heterocycles. The van der Waals surface area contributed by atoms with E-state index in [4.69, 9.17) is 4.74 Å². The fourth-order valence-corrected chi connectivity index (χ4v) is 13.2. The van der Waals surface area contributed by atoms with Gasteiger partial charge in [-0.15, -0.1) is 0 Å². The molecule has 6 rings (SSSR count). The fraction of sp³-hybridized carbons (Fsp3) is 0.705. The van der Waals surface area contributed by atoms with E-state index in [-0.39, 0.29) is 45.2 Å². The van der Waals surface area contributed by atoms with Crippen molar-refractivity contribution in [2.24, 2.45) is 62.1 Å². The smallest absolute Gasteiger partial charge is 0.336 e. The maximum absolute atomic E-state index is 13.1. The predicted octanol–water partition coefficient (Wildman–Crippen LogP) is 9.81. The number of hydrogen-bond acceptors (Lipinski definition) is 4. The second-order valence-electron chi connectivity index (χ2n) is 19.1. The van der Waals surface area contributed by atoms with E-state index < -0.39 is 23.3 Å². The first-order valence-electron chi connectivity index (χ1n) is 19.2. The summed E-state index contributed by atoms with van der Waals surface area (Å²) in [5.41, 5.74) is 1.06. The number of carbonyl (C=O) groups excluding carboxylic acids is 1. The molecular formula is C44H60O6. The number of carboxylic acid groups (broad SMARTS) is 2. The highest BCUT2D eigenvalue weighted by atomic mass is 16.5. The van der Waals surface area contributed by atoms with Crippen molar-refractivity contribution in [3.05, 3.63) is 47.5 Å². The van der Waals surface area contributed by atoms with Crippen LogP contribution in [0.3, 0.4) is 0 Å². The van der Waals surface area contributed by atoms with E-state index >= 15 is 0 Å². The number of carbonyl (C=O) groups is 3. The second-order valence-corrected chi connectivity index (χ2v) is 19.1. The first kappa shape index (κ1) is 36.7. The molecule has 6 nitrogen and oxygen atoms in total. The molecule has 272 valence electrons. The summed E-state index contributed by atoms with van der Waals surface area (Å²) in [6, 6.07) is 7.15. The van der Waals surface area contributed by atoms with Gasteiger partial charge in [-0.1, -0.05) is 70.7 Å². The number of esters is 1. The third-order valence-electron chi connectivity index (χ3n) is 16.0. The molecule has 0 aromatic heterocycles. The van der Waals surface area contributed by atoms with E-state index in [0.29, 0.717) is 35.2 Å². The van der Waals surface area contributed by atoms with Crippen LogP contribution in [0.2, 0.25) is 0 Å². The molecule has 2 N–H and O–H groups in total. The Morgan fingerprint density at radius 2 is 1.58 bits per heavy atom. The van der Waals surface area contributed by atoms with Crippen LogP contribution in [0.1, 0.15) is 142 Å². The van der Waals surface area contributed by atoms with E-state index in [1.807, 2.05) is 12.1 Å². The first-order valence-corrected chi connectivity index (χ1v) is 19.2. The number of allylic oxidation sites excluding steroid dienone is 1. The van der Waals surface area contributed by atoms with Crippen LogP contribution in [0.4, 0.5) is 0 Å². The number of fused-ring (bicyclic) bond motifs is 7. The SMILES string of the molecule is C=C(C)C1CCC2(C#Cc3ccccc3C(=O)O)CC[C@]3(C)C(CCC4[C@@]5(C)CC[C@H](OC(=O)CC(C)(C)C(=O)O)C(C)(C)C5CC[C@]43C)C12. The minimum absolute atomic E-state index is 0.117. The molecule has 1 aromatic carbocycles. The van der Waals surface area contributed by atoms with Gasteiger partial charge in [-0.3, -0.25) is 9.59 Å². The van der Waals surface area contributed by atoms with Crippen LogP contribution in [0, 0.1) is 73.9 Å². The van der Waals surface area contributed by atoms with Crippen LogP contribution in [0.5, 0.6) is 0 Å². The van der Waals surface area contributed by atoms with Crippen LogP contribution >= 0.6 is 0 Å². The van der Waals surface area contributed by atoms with Gasteiger partial charge >= 0.3 is 17.9 Å². The maximum Gasteiger partial charge on any atom is 0.336 e. The van der Waals surface area contributed by atoms with Crippen molar-refractivity contribution in [3.63, 3.8) is 0 Å². The molecular weight excluding hydrogens is 624 g/mol. The molecule has 0 aliphatic heterocycles. The summed E-state index contributed by atoms with van der Waals surface area (Å²) < 4.78 is 6.17. The topological polar surface area (TPSA) is 101 Å². The maximum atomic E-state index is 13.1. The molecule has 6 heteroatoms. The van der Waals surface area contributed by atoms with Gasteiger partial charge in [0.05, 0.1) is 17.4 Å². The molecule has 0 bridgehead atoms. The highest BCUT2D eigenvalue weighted by Gasteiger charge is 2.71. The Hall–Kier alpha value is -3.07. The predicted molar refractivity (Wildman–Crippen MR) is 195 cm³/mol. The number of benzene rings is 1. The monoisotopic (exact) mass is 684 g/mol. The third-order valence-corrected chi connectivity index (χ3v) is 16.0. The van der Waals surface area contributed by atoms with Gasteiger partial charge < -0.3 is 14.9 Å². The number of ether oxygens (including phenoxy) is 1. The number of rotatable bonds is 6. The quantitative estimate of drug-likeness (QED) is 0.176. The second kappa shape index (κ2) is 12.3. The Morgan fingerprint density at radius 1 is 0.880 bits per heavy atom. The van der Waals surface area contributed by atoms with Gasteiger partial charge in [0.2, 0.25) is 0 Å². The van der Waals surface area contributed by atoms with Crippen LogP contribution in [0.25, 0.3) is 0 Å². The standard InChI is InChI=1S/C44H60O6/c1-27(2)29-17-23-44(22-16-28-12-10-11-13-30(28)37(46)47)25-24-42(8)31(36(29)44)14-15-33-41(7)20-19-34(50-35(45)26-39(3,4)38(48)49)40(5,6)32(41)18-21-43(33,42)9/h10-13,29,31-34,36H,1,14-15,17-21,23-26H2,2-9H3,(H,46,47)(H,48,49)/t29?,31?,32?,33?,34-,36?,41-,42+,43+,44?/m0/s1. The van der Waals surface area contributed by atoms with E-state index in [0.717, 1.165) is 51.4 Å². The normalized spacial score (nSPS) is 40.1. The zero-order valence-corrected chi connectivity index (χ0v) is 31.8. The Kier molecular flexibility index (Phi) is 9.01. The third kappa shape index (κ3) is 5.47. The lowest BCUT2D eigenvalue weighted by Gasteiger charge is -2.72. The highest BCUT2D eigenvalue weighted by Crippen LogP contribution is 2.77. The van der Waals surface area contributed by atoms with E-state index in [2.05, 4.69) is 60.0 Å². The van der Waals surface area contributed by atoms with Gasteiger partial charge in [0.25, 0.3) is 0 Å². The summed E-state index contributed by atoms with van der Waals surface area (Å²) in [7, 11) is 0. The molecule has 1 aromatic rings. The van der Waals surface area contributed by atoms with E-state index in [9.17, 15) is 24.6 Å². The van der Waals surface area contributed by atoms with Gasteiger partial charge in [0.15, 0.2) is 0 Å². The van der Waals surface area contributed by atoms with E-state index in [1.54, 1.807) is 26.0 Å². The number of hydrogen-bond donors (Lipinski definition) is 2. The van der Waals surface area contributed by atoms with Crippen molar-refractivity contribution in [2.45, 2.75) is 132 Å². The molecule has 0 amide bonds. The summed E-state index contributed by atoms with van der Waals surface area (Å²) in [6.07, 6.45) is 10.4. The van der Waals surface area contributed by atoms with Crippen LogP contribution in [0.15, 0.2) is 36.4 Å². The van der Waals surface area contributed by atoms with Crippen molar-refractivity contribution in [1.82, 2.24) is 0 Å². The molecule has 6 unspecified atom stereocenters. The lowest BCUT2D eigenvalue weighted by atomic mass is 9.32. The van der Waals surface area contributed by atoms with Gasteiger partial charge in [-0.2, -0.15) is 0 Å². The zero-order chi connectivity index (χ0) is 36.7. The zero-order valence-electron chi connectivity index (χ0n) is 31.8. The van der Waals surface area contributed by atoms with Gasteiger partial charge in [-0.25, -0.2) is 4.79 Å².